The first kappa shape index (κ1) is 10.4. The van der Waals surface area contributed by atoms with Gasteiger partial charge in [0.05, 0.1) is 0 Å². The maximum absolute atomic E-state index is 11.1. The number of hydrogen-bond donors (Lipinski definition) is 1. The Bertz CT molecular complexity index is 499. The normalized spacial score (nSPS) is 10.1. The van der Waals surface area contributed by atoms with E-state index in [1.165, 1.54) is 0 Å². The van der Waals surface area contributed by atoms with Crippen molar-refractivity contribution >= 4 is 5.97 Å². The van der Waals surface area contributed by atoms with Gasteiger partial charge in [-0.1, -0.05) is 30.3 Å². The summed E-state index contributed by atoms with van der Waals surface area (Å²) in [5, 5.41) is 8.30. The lowest BCUT2D eigenvalue weighted by Crippen LogP contribution is -2.01. The minimum absolute atomic E-state index is 0.223. The van der Waals surface area contributed by atoms with Gasteiger partial charge in [-0.25, -0.2) is 4.79 Å². The molecule has 0 aliphatic carbocycles. The summed E-state index contributed by atoms with van der Waals surface area (Å²) in [5.74, 6) is 0.167. The minimum atomic E-state index is -0.816. The van der Waals surface area contributed by atoms with Gasteiger partial charge in [0.1, 0.15) is 17.1 Å². The van der Waals surface area contributed by atoms with E-state index in [-0.39, 0.29) is 5.56 Å². The molecule has 0 atom stereocenters. The third kappa shape index (κ3) is 1.83. The summed E-state index contributed by atoms with van der Waals surface area (Å²) in [5.41, 5.74) is 1.09. The highest BCUT2D eigenvalue weighted by Gasteiger charge is 2.16. The van der Waals surface area contributed by atoms with Crippen LogP contribution in [0.2, 0.25) is 0 Å². The van der Waals surface area contributed by atoms with Crippen LogP contribution in [0, 0.1) is 6.92 Å². The van der Waals surface area contributed by atoms with Crippen molar-refractivity contribution in [2.45, 2.75) is 6.92 Å². The molecule has 0 saturated carbocycles. The fraction of sp³-hybridized carbons (Fsp3) is 0.0833. The molecular formula is C12H10O4. The van der Waals surface area contributed by atoms with E-state index in [4.69, 9.17) is 9.67 Å². The Morgan fingerprint density at radius 2 is 2.00 bits per heavy atom. The first-order chi connectivity index (χ1) is 7.72. The van der Waals surface area contributed by atoms with Crippen LogP contribution in [0.25, 0.3) is 11.3 Å². The zero-order chi connectivity index (χ0) is 11.5. The van der Waals surface area contributed by atoms with Crippen LogP contribution in [0.4, 0.5) is 0 Å². The van der Waals surface area contributed by atoms with Gasteiger partial charge in [0, 0.05) is 5.56 Å². The molecule has 2 rings (SSSR count). The van der Waals surface area contributed by atoms with Gasteiger partial charge in [-0.15, -0.1) is 0 Å². The molecular weight excluding hydrogens is 208 g/mol. The molecule has 0 saturated heterocycles. The molecule has 2 aromatic rings. The summed E-state index contributed by atoms with van der Waals surface area (Å²) >= 11 is 0. The van der Waals surface area contributed by atoms with Crippen molar-refractivity contribution in [1.29, 1.82) is 0 Å². The predicted octanol–water partition coefficient (Wildman–Crippen LogP) is 2.88. The quantitative estimate of drug-likeness (QED) is 0.622. The Morgan fingerprint density at radius 3 is 2.62 bits per heavy atom. The zero-order valence-electron chi connectivity index (χ0n) is 8.64. The first-order valence-corrected chi connectivity index (χ1v) is 4.74. The van der Waals surface area contributed by atoms with Crippen LogP contribution in [0.3, 0.4) is 0 Å². The fourth-order valence-electron chi connectivity index (χ4n) is 1.48. The summed E-state index contributed by atoms with van der Waals surface area (Å²) in [7, 11) is 0. The summed E-state index contributed by atoms with van der Waals surface area (Å²) in [4.78, 5) is 14.8. The van der Waals surface area contributed by atoms with Crippen LogP contribution >= 0.6 is 0 Å². The van der Waals surface area contributed by atoms with Crippen LogP contribution in [-0.4, -0.2) is 11.2 Å². The highest BCUT2D eigenvalue weighted by Crippen LogP contribution is 2.25. The van der Waals surface area contributed by atoms with Gasteiger partial charge >= 0.3 is 5.97 Å². The molecule has 0 bridgehead atoms. The summed E-state index contributed by atoms with van der Waals surface area (Å²) in [6.45, 7) is 1.64. The number of carbonyl (C=O) groups excluding carboxylic acids is 1. The molecule has 1 aromatic heterocycles. The van der Waals surface area contributed by atoms with Gasteiger partial charge in [-0.05, 0) is 13.0 Å². The monoisotopic (exact) mass is 218 g/mol. The summed E-state index contributed by atoms with van der Waals surface area (Å²) in [6, 6.07) is 10.9. The Kier molecular flexibility index (Phi) is 2.74. The van der Waals surface area contributed by atoms with Crippen LogP contribution in [0.5, 0.6) is 0 Å². The molecule has 0 fully saturated rings. The second kappa shape index (κ2) is 4.20. The molecule has 0 amide bonds. The lowest BCUT2D eigenvalue weighted by Gasteiger charge is -1.93. The average molecular weight is 218 g/mol. The van der Waals surface area contributed by atoms with E-state index in [1.54, 1.807) is 13.0 Å². The molecule has 0 spiro atoms. The number of rotatable bonds is 2. The second-order valence-corrected chi connectivity index (χ2v) is 3.33. The van der Waals surface area contributed by atoms with Crippen LogP contribution < -0.4 is 0 Å². The van der Waals surface area contributed by atoms with Gasteiger partial charge in [0.2, 0.25) is 0 Å². The number of hydrogen-bond acceptors (Lipinski definition) is 4. The Morgan fingerprint density at radius 1 is 1.31 bits per heavy atom. The van der Waals surface area contributed by atoms with E-state index >= 15 is 0 Å². The molecule has 1 N–H and O–H groups in total. The van der Waals surface area contributed by atoms with Crippen LogP contribution in [0.1, 0.15) is 16.1 Å². The largest absolute Gasteiger partial charge is 0.460 e. The van der Waals surface area contributed by atoms with Gasteiger partial charge in [-0.3, -0.25) is 4.89 Å². The van der Waals surface area contributed by atoms with E-state index in [9.17, 15) is 4.79 Å². The molecule has 1 aromatic carbocycles. The summed E-state index contributed by atoms with van der Waals surface area (Å²) in [6.07, 6.45) is 0. The maximum atomic E-state index is 11.1. The number of furan rings is 1. The Balaban J connectivity index is 2.42. The Labute approximate surface area is 92.0 Å². The lowest BCUT2D eigenvalue weighted by atomic mass is 10.1. The maximum Gasteiger partial charge on any atom is 0.376 e. The molecule has 4 heteroatoms. The summed E-state index contributed by atoms with van der Waals surface area (Å²) < 4.78 is 5.41. The van der Waals surface area contributed by atoms with Crippen molar-refractivity contribution in [2.24, 2.45) is 0 Å². The van der Waals surface area contributed by atoms with Crippen molar-refractivity contribution in [3.05, 3.63) is 47.7 Å². The molecule has 4 nitrogen and oxygen atoms in total. The van der Waals surface area contributed by atoms with Crippen LogP contribution in [-0.2, 0) is 4.89 Å². The molecule has 0 aliphatic rings. The number of aryl methyl sites for hydroxylation is 1. The Hall–Kier alpha value is -2.07. The lowest BCUT2D eigenvalue weighted by molar-refractivity contribution is -0.182. The second-order valence-electron chi connectivity index (χ2n) is 3.33. The first-order valence-electron chi connectivity index (χ1n) is 4.74. The van der Waals surface area contributed by atoms with Gasteiger partial charge in [0.15, 0.2) is 0 Å². The molecule has 0 aliphatic heterocycles. The number of carbonyl (C=O) groups is 1. The minimum Gasteiger partial charge on any atom is -0.460 e. The van der Waals surface area contributed by atoms with E-state index in [0.717, 1.165) is 5.56 Å². The predicted molar refractivity (Wildman–Crippen MR) is 56.9 cm³/mol. The SMILES string of the molecule is Cc1oc(-c2ccccc2)cc1C(=O)OO. The molecule has 0 radical (unpaired) electrons. The average Bonchev–Trinajstić information content (AvgIpc) is 2.71. The van der Waals surface area contributed by atoms with E-state index in [1.807, 2.05) is 30.3 Å². The topological polar surface area (TPSA) is 59.7 Å². The zero-order valence-corrected chi connectivity index (χ0v) is 8.64. The standard InChI is InChI=1S/C12H10O4/c1-8-10(12(13)16-14)7-11(15-8)9-5-3-2-4-6-9/h2-7,14H,1H3. The van der Waals surface area contributed by atoms with Gasteiger partial charge in [-0.2, -0.15) is 5.26 Å². The smallest absolute Gasteiger partial charge is 0.376 e. The van der Waals surface area contributed by atoms with E-state index in [0.29, 0.717) is 11.5 Å². The molecule has 82 valence electrons. The van der Waals surface area contributed by atoms with Crippen molar-refractivity contribution < 1.29 is 19.4 Å². The van der Waals surface area contributed by atoms with Gasteiger partial charge < -0.3 is 4.42 Å². The van der Waals surface area contributed by atoms with Crippen molar-refractivity contribution in [2.75, 3.05) is 0 Å². The fourth-order valence-corrected chi connectivity index (χ4v) is 1.48. The third-order valence-corrected chi connectivity index (χ3v) is 2.28. The van der Waals surface area contributed by atoms with E-state index < -0.39 is 5.97 Å². The molecule has 16 heavy (non-hydrogen) atoms. The molecule has 0 unspecified atom stereocenters. The van der Waals surface area contributed by atoms with Crippen molar-refractivity contribution in [1.82, 2.24) is 0 Å². The van der Waals surface area contributed by atoms with Gasteiger partial charge in [0.25, 0.3) is 0 Å². The van der Waals surface area contributed by atoms with Crippen LogP contribution in [0.15, 0.2) is 40.8 Å². The van der Waals surface area contributed by atoms with E-state index in [2.05, 4.69) is 4.89 Å². The highest BCUT2D eigenvalue weighted by atomic mass is 17.1. The molecule has 1 heterocycles. The third-order valence-electron chi connectivity index (χ3n) is 2.28. The number of benzene rings is 1. The van der Waals surface area contributed by atoms with Crippen molar-refractivity contribution in [3.8, 4) is 11.3 Å². The van der Waals surface area contributed by atoms with Crippen molar-refractivity contribution in [3.63, 3.8) is 0 Å². The highest BCUT2D eigenvalue weighted by molar-refractivity contribution is 5.91.